The van der Waals surface area contributed by atoms with E-state index in [9.17, 15) is 26.8 Å². The quantitative estimate of drug-likeness (QED) is 0.119. The Hall–Kier alpha value is -3.92. The van der Waals surface area contributed by atoms with Gasteiger partial charge in [0, 0.05) is 18.8 Å². The molecule has 5 rings (SSSR count). The van der Waals surface area contributed by atoms with Crippen molar-refractivity contribution in [2.75, 3.05) is 37.8 Å². The van der Waals surface area contributed by atoms with E-state index in [2.05, 4.69) is 9.71 Å². The lowest BCUT2D eigenvalue weighted by Crippen LogP contribution is -2.45. The number of hydrogen-bond acceptors (Lipinski definition) is 11. The molecule has 2 aliphatic rings. The number of likely N-dealkylation sites (N-methyl/N-ethyl adjacent to an activating group) is 1. The van der Waals surface area contributed by atoms with Crippen molar-refractivity contribution in [3.05, 3.63) is 75.5 Å². The van der Waals surface area contributed by atoms with Crippen molar-refractivity contribution in [2.24, 2.45) is 11.8 Å². The van der Waals surface area contributed by atoms with E-state index in [-0.39, 0.29) is 57.5 Å². The van der Waals surface area contributed by atoms with Crippen LogP contribution in [0.1, 0.15) is 74.0 Å². The van der Waals surface area contributed by atoms with Crippen molar-refractivity contribution in [3.63, 3.8) is 0 Å². The molecule has 0 amide bonds. The van der Waals surface area contributed by atoms with E-state index in [1.54, 1.807) is 34.9 Å². The third-order valence-corrected chi connectivity index (χ3v) is 10.6. The van der Waals surface area contributed by atoms with Gasteiger partial charge in [-0.1, -0.05) is 29.3 Å². The van der Waals surface area contributed by atoms with Gasteiger partial charge in [-0.15, -0.1) is 0 Å². The molecule has 0 unspecified atom stereocenters. The summed E-state index contributed by atoms with van der Waals surface area (Å²) in [7, 11) is -1.01. The van der Waals surface area contributed by atoms with Crippen LogP contribution in [-0.2, 0) is 30.7 Å². The molecule has 3 aromatic rings. The first kappa shape index (κ1) is 42.2. The zero-order chi connectivity index (χ0) is 40.1. The van der Waals surface area contributed by atoms with Crippen molar-refractivity contribution in [1.82, 2.24) is 9.88 Å². The molecule has 0 radical (unpaired) electrons. The molecule has 55 heavy (non-hydrogen) atoms. The van der Waals surface area contributed by atoms with Gasteiger partial charge in [0.1, 0.15) is 23.5 Å². The number of sulfonamides is 1. The Kier molecular flexibility index (Phi) is 13.7. The van der Waals surface area contributed by atoms with E-state index in [4.69, 9.17) is 46.9 Å². The second-order valence-electron chi connectivity index (χ2n) is 14.9. The summed E-state index contributed by atoms with van der Waals surface area (Å²) in [5.41, 5.74) is 0.0430. The lowest BCUT2D eigenvalue weighted by Gasteiger charge is -2.27. The summed E-state index contributed by atoms with van der Waals surface area (Å²) in [4.78, 5) is 32.3. The number of carbonyl (C=O) groups excluding carboxylic acids is 2. The van der Waals surface area contributed by atoms with E-state index in [0.29, 0.717) is 23.7 Å². The van der Waals surface area contributed by atoms with Gasteiger partial charge in [-0.25, -0.2) is 13.2 Å². The number of aromatic nitrogens is 1. The Morgan fingerprint density at radius 3 is 2.11 bits per heavy atom. The largest absolute Gasteiger partial charge is 0.491 e. The monoisotopic (exact) mass is 827 g/mol. The van der Waals surface area contributed by atoms with E-state index in [1.165, 1.54) is 53.7 Å². The number of ether oxygens (including phenoxy) is 5. The van der Waals surface area contributed by atoms with Crippen LogP contribution < -0.4 is 18.9 Å². The number of halogens is 4. The fourth-order valence-electron chi connectivity index (χ4n) is 5.33. The van der Waals surface area contributed by atoms with Crippen molar-refractivity contribution in [1.29, 1.82) is 0 Å². The molecule has 1 N–H and O–H groups in total. The number of alkyl halides is 2. The first-order chi connectivity index (χ1) is 25.9. The summed E-state index contributed by atoms with van der Waals surface area (Å²) in [6.07, 6.45) is 5.48. The van der Waals surface area contributed by atoms with Crippen LogP contribution in [-0.4, -0.2) is 81.6 Å². The van der Waals surface area contributed by atoms with Crippen LogP contribution in [0.3, 0.4) is 0 Å². The zero-order valence-corrected chi connectivity index (χ0v) is 33.5. The summed E-state index contributed by atoms with van der Waals surface area (Å²) in [5, 5.41) is 0.430. The van der Waals surface area contributed by atoms with Gasteiger partial charge < -0.3 is 23.7 Å². The van der Waals surface area contributed by atoms with Gasteiger partial charge in [-0.3, -0.25) is 19.4 Å². The SMILES string of the molecule is CN(C)[C@H](CS(=O)(=O)Nc1ccc(C(=O)O[C@@H](Cc2c(Cl)cncc2Cl)c2ccc(OC(F)F)c(OCC3CC3)c2)cc1OCC1CC1)C(=O)OC(C)(C)C. The highest BCUT2D eigenvalue weighted by Gasteiger charge is 2.33. The van der Waals surface area contributed by atoms with E-state index >= 15 is 0 Å². The first-order valence-electron chi connectivity index (χ1n) is 17.7. The number of pyridine rings is 1. The molecular formula is C38H45Cl2F2N3O9S. The maximum atomic E-state index is 13.9. The van der Waals surface area contributed by atoms with Gasteiger partial charge in [-0.2, -0.15) is 8.78 Å². The Bertz CT molecular complexity index is 1940. The predicted molar refractivity (Wildman–Crippen MR) is 203 cm³/mol. The van der Waals surface area contributed by atoms with Crippen molar-refractivity contribution >= 4 is 50.9 Å². The average Bonchev–Trinajstić information content (AvgIpc) is 4.02. The second kappa shape index (κ2) is 17.9. The summed E-state index contributed by atoms with van der Waals surface area (Å²) in [6, 6.07) is 7.26. The molecule has 2 aliphatic carbocycles. The van der Waals surface area contributed by atoms with Gasteiger partial charge in [0.05, 0.1) is 40.3 Å². The van der Waals surface area contributed by atoms with E-state index in [1.807, 2.05) is 0 Å². The molecule has 2 atom stereocenters. The lowest BCUT2D eigenvalue weighted by molar-refractivity contribution is -0.159. The van der Waals surface area contributed by atoms with E-state index < -0.39 is 52.1 Å². The molecule has 1 heterocycles. The predicted octanol–water partition coefficient (Wildman–Crippen LogP) is 7.72. The van der Waals surface area contributed by atoms with Crippen LogP contribution in [0.25, 0.3) is 0 Å². The van der Waals surface area contributed by atoms with Crippen LogP contribution >= 0.6 is 23.2 Å². The van der Waals surface area contributed by atoms with Gasteiger partial charge in [0.25, 0.3) is 0 Å². The summed E-state index contributed by atoms with van der Waals surface area (Å²) >= 11 is 12.9. The number of esters is 2. The van der Waals surface area contributed by atoms with Crippen molar-refractivity contribution in [3.8, 4) is 17.2 Å². The molecule has 1 aromatic heterocycles. The van der Waals surface area contributed by atoms with Crippen LogP contribution in [0.4, 0.5) is 14.5 Å². The standard InChI is InChI=1S/C38H45Cl2F2N3O9S/c1-38(2,3)54-36(47)30(45(4)5)21-55(48,49)44-29-12-10-25(15-33(29)50-19-22-6-7-22)35(46)52-32(16-26-27(39)17-43-18-28(26)40)24-11-13-31(53-37(41)42)34(14-24)51-20-23-8-9-23/h10-15,17-18,22-23,30,32,37,44H,6-9,16,19-21H2,1-5H3/t30-,32+/m1/s1. The average molecular weight is 829 g/mol. The smallest absolute Gasteiger partial charge is 0.387 e. The maximum absolute atomic E-state index is 13.9. The Morgan fingerprint density at radius 2 is 1.55 bits per heavy atom. The molecular weight excluding hydrogens is 783 g/mol. The molecule has 0 saturated heterocycles. The number of anilines is 1. The molecule has 17 heteroatoms. The number of nitrogens with zero attached hydrogens (tertiary/aromatic N) is 2. The number of nitrogens with one attached hydrogen (secondary N) is 1. The topological polar surface area (TPSA) is 143 Å². The highest BCUT2D eigenvalue weighted by Crippen LogP contribution is 2.39. The van der Waals surface area contributed by atoms with Crippen LogP contribution in [0.15, 0.2) is 48.8 Å². The fraction of sp³-hybridized carbons (Fsp3) is 0.500. The van der Waals surface area contributed by atoms with Crippen molar-refractivity contribution in [2.45, 2.75) is 77.2 Å². The summed E-state index contributed by atoms with van der Waals surface area (Å²) < 4.78 is 84.1. The van der Waals surface area contributed by atoms with E-state index in [0.717, 1.165) is 25.7 Å². The summed E-state index contributed by atoms with van der Waals surface area (Å²) in [5.74, 6) is -1.61. The maximum Gasteiger partial charge on any atom is 0.387 e. The van der Waals surface area contributed by atoms with Gasteiger partial charge in [0.2, 0.25) is 10.0 Å². The lowest BCUT2D eigenvalue weighted by atomic mass is 10.0. The van der Waals surface area contributed by atoms with Crippen LogP contribution in [0.2, 0.25) is 10.0 Å². The number of hydrogen-bond donors (Lipinski definition) is 1. The number of rotatable bonds is 19. The fourth-order valence-corrected chi connectivity index (χ4v) is 7.28. The van der Waals surface area contributed by atoms with Gasteiger partial charge in [0.15, 0.2) is 11.5 Å². The first-order valence-corrected chi connectivity index (χ1v) is 20.1. The number of benzene rings is 2. The summed E-state index contributed by atoms with van der Waals surface area (Å²) in [6.45, 7) is 2.55. The molecule has 2 aromatic carbocycles. The Morgan fingerprint density at radius 1 is 0.927 bits per heavy atom. The molecule has 0 spiro atoms. The van der Waals surface area contributed by atoms with Gasteiger partial charge in [-0.05, 0) is 114 Å². The van der Waals surface area contributed by atoms with Crippen LogP contribution in [0.5, 0.6) is 17.2 Å². The van der Waals surface area contributed by atoms with Gasteiger partial charge >= 0.3 is 18.6 Å². The second-order valence-corrected chi connectivity index (χ2v) is 17.5. The zero-order valence-electron chi connectivity index (χ0n) is 31.2. The van der Waals surface area contributed by atoms with Crippen molar-refractivity contribution < 1.29 is 50.5 Å². The van der Waals surface area contributed by atoms with Crippen LogP contribution in [0, 0.1) is 11.8 Å². The molecule has 2 fully saturated rings. The Labute approximate surface area is 329 Å². The third-order valence-electron chi connectivity index (χ3n) is 8.65. The Balaban J connectivity index is 1.43. The molecule has 0 bridgehead atoms. The molecule has 300 valence electrons. The highest BCUT2D eigenvalue weighted by atomic mass is 35.5. The normalized spacial score (nSPS) is 15.7. The third kappa shape index (κ3) is 12.8. The minimum Gasteiger partial charge on any atom is -0.491 e. The number of carbonyl (C=O) groups is 2. The molecule has 12 nitrogen and oxygen atoms in total. The minimum atomic E-state index is -4.17. The molecule has 0 aliphatic heterocycles. The minimum absolute atomic E-state index is 0.0217. The highest BCUT2D eigenvalue weighted by molar-refractivity contribution is 7.92. The molecule has 2 saturated carbocycles.